The Morgan fingerprint density at radius 3 is 2.35 bits per heavy atom. The van der Waals surface area contributed by atoms with Gasteiger partial charge in [0.15, 0.2) is 0 Å². The second-order valence-electron chi connectivity index (χ2n) is 9.88. The molecule has 0 fully saturated rings. The molecule has 210 valence electrons. The second-order valence-corrected chi connectivity index (χ2v) is 11.7. The summed E-state index contributed by atoms with van der Waals surface area (Å²) >= 11 is 0. The van der Waals surface area contributed by atoms with Crippen molar-refractivity contribution in [2.24, 2.45) is 5.92 Å². The first-order chi connectivity index (χ1) is 19.0. The van der Waals surface area contributed by atoms with Crippen LogP contribution in [0, 0.1) is 12.8 Å². The van der Waals surface area contributed by atoms with Crippen LogP contribution in [0.15, 0.2) is 71.9 Å². The van der Waals surface area contributed by atoms with Crippen LogP contribution in [0.1, 0.15) is 48.9 Å². The summed E-state index contributed by atoms with van der Waals surface area (Å²) in [6, 6.07) is 12.7. The average Bonchev–Trinajstić information content (AvgIpc) is 3.23. The normalized spacial score (nSPS) is 12.4. The molecule has 2 heterocycles. The number of pyridine rings is 1. The number of amides is 1. The van der Waals surface area contributed by atoms with E-state index in [1.54, 1.807) is 31.5 Å². The van der Waals surface area contributed by atoms with Crippen molar-refractivity contribution in [2.75, 3.05) is 12.3 Å². The highest BCUT2D eigenvalue weighted by Gasteiger charge is 2.41. The van der Waals surface area contributed by atoms with Crippen LogP contribution in [-0.4, -0.2) is 51.8 Å². The van der Waals surface area contributed by atoms with Gasteiger partial charge in [-0.2, -0.15) is 0 Å². The number of carbonyl (C=O) groups excluding carboxylic acids is 2. The summed E-state index contributed by atoms with van der Waals surface area (Å²) in [6.07, 6.45) is 3.48. The standard InChI is InChI=1S/C29H33N5O5S/c1-5-39-29(36)27(16-19(2)3)34(28(35)22-8-10-23(30)11-9-22)40(37,38)24-12-6-21(7-13-24)18-33-20(4)32-25-17-31-15-14-26(25)33/h6-15,17,19,27H,5,16,18,30H2,1-4H3/t27-/m0/s1. The molecule has 0 radical (unpaired) electrons. The number of nitrogens with zero attached hydrogens (tertiary/aromatic N) is 4. The van der Waals surface area contributed by atoms with Gasteiger partial charge in [-0.25, -0.2) is 22.5 Å². The Balaban J connectivity index is 1.73. The van der Waals surface area contributed by atoms with Crippen LogP contribution in [0.4, 0.5) is 5.69 Å². The van der Waals surface area contributed by atoms with E-state index in [1.165, 1.54) is 36.4 Å². The summed E-state index contributed by atoms with van der Waals surface area (Å²) in [7, 11) is -4.46. The highest BCUT2D eigenvalue weighted by molar-refractivity contribution is 7.89. The third kappa shape index (κ3) is 5.99. The van der Waals surface area contributed by atoms with Gasteiger partial charge in [0, 0.05) is 24.0 Å². The van der Waals surface area contributed by atoms with E-state index in [0.29, 0.717) is 16.5 Å². The number of hydrogen-bond donors (Lipinski definition) is 1. The van der Waals surface area contributed by atoms with Crippen LogP contribution in [0.5, 0.6) is 0 Å². The van der Waals surface area contributed by atoms with Crippen molar-refractivity contribution in [1.82, 2.24) is 18.8 Å². The molecule has 0 aliphatic carbocycles. The van der Waals surface area contributed by atoms with Crippen molar-refractivity contribution >= 4 is 38.6 Å². The van der Waals surface area contributed by atoms with E-state index in [0.717, 1.165) is 22.4 Å². The largest absolute Gasteiger partial charge is 0.464 e. The molecule has 0 unspecified atom stereocenters. The third-order valence-corrected chi connectivity index (χ3v) is 8.26. The molecule has 10 nitrogen and oxygen atoms in total. The maximum atomic E-state index is 14.1. The van der Waals surface area contributed by atoms with Crippen LogP contribution >= 0.6 is 0 Å². The van der Waals surface area contributed by atoms with Crippen LogP contribution < -0.4 is 5.73 Å². The van der Waals surface area contributed by atoms with Gasteiger partial charge in [0.25, 0.3) is 15.9 Å². The summed E-state index contributed by atoms with van der Waals surface area (Å²) in [5.41, 5.74) is 8.79. The maximum Gasteiger partial charge on any atom is 0.330 e. The maximum absolute atomic E-state index is 14.1. The number of nitrogen functional groups attached to an aromatic ring is 1. The molecule has 11 heteroatoms. The Kier molecular flexibility index (Phi) is 8.53. The monoisotopic (exact) mass is 563 g/mol. The number of hydrogen-bond acceptors (Lipinski definition) is 8. The number of aryl methyl sites for hydroxylation is 1. The van der Waals surface area contributed by atoms with Gasteiger partial charge in [0.1, 0.15) is 17.4 Å². The minimum absolute atomic E-state index is 0.0461. The molecule has 4 rings (SSSR count). The lowest BCUT2D eigenvalue weighted by atomic mass is 10.0. The number of anilines is 1. The molecule has 1 amide bonds. The molecule has 0 aliphatic heterocycles. The van der Waals surface area contributed by atoms with E-state index in [-0.39, 0.29) is 29.4 Å². The van der Waals surface area contributed by atoms with Crippen molar-refractivity contribution in [3.63, 3.8) is 0 Å². The fourth-order valence-corrected chi connectivity index (χ4v) is 6.05. The lowest BCUT2D eigenvalue weighted by Gasteiger charge is -2.30. The second kappa shape index (κ2) is 11.9. The molecule has 1 atom stereocenters. The third-order valence-electron chi connectivity index (χ3n) is 6.46. The van der Waals surface area contributed by atoms with Crippen molar-refractivity contribution in [3.8, 4) is 0 Å². The first-order valence-corrected chi connectivity index (χ1v) is 14.4. The summed E-state index contributed by atoms with van der Waals surface area (Å²) in [4.78, 5) is 35.3. The Hall–Kier alpha value is -4.25. The fraction of sp³-hybridized carbons (Fsp3) is 0.310. The van der Waals surface area contributed by atoms with Crippen LogP contribution in [-0.2, 0) is 26.1 Å². The first kappa shape index (κ1) is 28.8. The number of esters is 1. The van der Waals surface area contributed by atoms with Crippen LogP contribution in [0.25, 0.3) is 11.0 Å². The topological polar surface area (TPSA) is 137 Å². The summed E-state index contributed by atoms with van der Waals surface area (Å²) < 4.78 is 36.0. The van der Waals surface area contributed by atoms with E-state index in [1.807, 2.05) is 31.4 Å². The zero-order valence-corrected chi connectivity index (χ0v) is 23.8. The van der Waals surface area contributed by atoms with E-state index < -0.39 is 27.9 Å². The Morgan fingerprint density at radius 1 is 1.05 bits per heavy atom. The fourth-order valence-electron chi connectivity index (χ4n) is 4.51. The molecular weight excluding hydrogens is 530 g/mol. The highest BCUT2D eigenvalue weighted by atomic mass is 32.2. The van der Waals surface area contributed by atoms with Gasteiger partial charge in [-0.15, -0.1) is 0 Å². The van der Waals surface area contributed by atoms with Crippen molar-refractivity contribution < 1.29 is 22.7 Å². The van der Waals surface area contributed by atoms with Crippen molar-refractivity contribution in [1.29, 1.82) is 0 Å². The molecule has 4 aromatic rings. The molecule has 0 spiro atoms. The summed E-state index contributed by atoms with van der Waals surface area (Å²) in [6.45, 7) is 7.72. The molecular formula is C29H33N5O5S. The number of sulfonamides is 1. The van der Waals surface area contributed by atoms with Gasteiger partial charge in [0.2, 0.25) is 0 Å². The van der Waals surface area contributed by atoms with E-state index in [9.17, 15) is 18.0 Å². The zero-order valence-electron chi connectivity index (χ0n) is 22.9. The molecule has 2 N–H and O–H groups in total. The average molecular weight is 564 g/mol. The number of nitrogens with two attached hydrogens (primary N) is 1. The minimum atomic E-state index is -4.46. The quantitative estimate of drug-likeness (QED) is 0.224. The van der Waals surface area contributed by atoms with Gasteiger partial charge in [-0.1, -0.05) is 26.0 Å². The van der Waals surface area contributed by atoms with Crippen LogP contribution in [0.3, 0.4) is 0 Å². The Morgan fingerprint density at radius 2 is 1.73 bits per heavy atom. The number of benzene rings is 2. The minimum Gasteiger partial charge on any atom is -0.464 e. The lowest BCUT2D eigenvalue weighted by Crippen LogP contribution is -2.49. The van der Waals surface area contributed by atoms with Crippen molar-refractivity contribution in [3.05, 3.63) is 83.9 Å². The van der Waals surface area contributed by atoms with Gasteiger partial charge in [-0.05, 0) is 74.2 Å². The molecule has 0 saturated carbocycles. The molecule has 0 saturated heterocycles. The lowest BCUT2D eigenvalue weighted by molar-refractivity contribution is -0.147. The smallest absolute Gasteiger partial charge is 0.330 e. The van der Waals surface area contributed by atoms with Gasteiger partial charge in [0.05, 0.1) is 23.2 Å². The number of imidazole rings is 1. The van der Waals surface area contributed by atoms with Gasteiger partial charge < -0.3 is 15.0 Å². The summed E-state index contributed by atoms with van der Waals surface area (Å²) in [5.74, 6) is -0.919. The van der Waals surface area contributed by atoms with Gasteiger partial charge in [-0.3, -0.25) is 9.78 Å². The predicted molar refractivity (Wildman–Crippen MR) is 152 cm³/mol. The number of fused-ring (bicyclic) bond motifs is 1. The SMILES string of the molecule is CCOC(=O)[C@H](CC(C)C)N(C(=O)c1ccc(N)cc1)S(=O)(=O)c1ccc(Cn2c(C)nc3cnccc32)cc1. The Bertz CT molecular complexity index is 1610. The zero-order chi connectivity index (χ0) is 29.0. The molecule has 40 heavy (non-hydrogen) atoms. The molecule has 2 aromatic carbocycles. The molecule has 0 aliphatic rings. The van der Waals surface area contributed by atoms with Crippen LogP contribution in [0.2, 0.25) is 0 Å². The van der Waals surface area contributed by atoms with Crippen molar-refractivity contribution in [2.45, 2.75) is 51.6 Å². The number of rotatable bonds is 10. The van der Waals surface area contributed by atoms with E-state index in [4.69, 9.17) is 10.5 Å². The molecule has 2 aromatic heterocycles. The molecule has 0 bridgehead atoms. The number of aromatic nitrogens is 3. The number of carbonyl (C=O) groups is 2. The predicted octanol–water partition coefficient (Wildman–Crippen LogP) is 4.18. The van der Waals surface area contributed by atoms with Gasteiger partial charge >= 0.3 is 5.97 Å². The Labute approximate surface area is 233 Å². The first-order valence-electron chi connectivity index (χ1n) is 13.0. The van der Waals surface area contributed by atoms with E-state index in [2.05, 4.69) is 9.97 Å². The highest BCUT2D eigenvalue weighted by Crippen LogP contribution is 2.27. The number of ether oxygens (including phenoxy) is 1. The van der Waals surface area contributed by atoms with E-state index >= 15 is 0 Å². The summed E-state index contributed by atoms with van der Waals surface area (Å²) in [5, 5.41) is 0.